The standard InChI is InChI=1S/C12H18N2O4/c1-9(15)5-6-14(2)11(16)8-13-12(17)10-4-3-7-18-10/h3-4,7,9,15H,5-6,8H2,1-2H3,(H,13,17). The summed E-state index contributed by atoms with van der Waals surface area (Å²) in [5.74, 6) is -0.456. The van der Waals surface area contributed by atoms with Crippen molar-refractivity contribution in [2.45, 2.75) is 19.4 Å². The zero-order chi connectivity index (χ0) is 13.5. The van der Waals surface area contributed by atoms with Crippen LogP contribution in [0.5, 0.6) is 0 Å². The third-order valence-corrected chi connectivity index (χ3v) is 2.45. The molecule has 0 bridgehead atoms. The number of hydrogen-bond donors (Lipinski definition) is 2. The average molecular weight is 254 g/mol. The van der Waals surface area contributed by atoms with Gasteiger partial charge in [0, 0.05) is 13.6 Å². The van der Waals surface area contributed by atoms with Crippen molar-refractivity contribution < 1.29 is 19.1 Å². The fourth-order valence-corrected chi connectivity index (χ4v) is 1.29. The molecular weight excluding hydrogens is 236 g/mol. The van der Waals surface area contributed by atoms with E-state index in [0.717, 1.165) is 0 Å². The second kappa shape index (κ2) is 6.80. The normalized spacial score (nSPS) is 11.9. The van der Waals surface area contributed by atoms with Crippen molar-refractivity contribution in [3.05, 3.63) is 24.2 Å². The minimum Gasteiger partial charge on any atom is -0.459 e. The molecule has 0 aromatic carbocycles. The predicted octanol–water partition coefficient (Wildman–Crippen LogP) is 0.239. The van der Waals surface area contributed by atoms with Crippen molar-refractivity contribution in [1.82, 2.24) is 10.2 Å². The lowest BCUT2D eigenvalue weighted by molar-refractivity contribution is -0.129. The number of carbonyl (C=O) groups excluding carboxylic acids is 2. The Morgan fingerprint density at radius 1 is 1.56 bits per heavy atom. The Morgan fingerprint density at radius 3 is 2.83 bits per heavy atom. The number of aliphatic hydroxyl groups excluding tert-OH is 1. The maximum atomic E-state index is 11.6. The summed E-state index contributed by atoms with van der Waals surface area (Å²) in [6.45, 7) is 2.03. The Kier molecular flexibility index (Phi) is 5.38. The van der Waals surface area contributed by atoms with Crippen molar-refractivity contribution in [2.24, 2.45) is 0 Å². The molecule has 100 valence electrons. The minimum absolute atomic E-state index is 0.0875. The lowest BCUT2D eigenvalue weighted by Gasteiger charge is -2.18. The quantitative estimate of drug-likeness (QED) is 0.761. The van der Waals surface area contributed by atoms with Gasteiger partial charge in [0.15, 0.2) is 5.76 Å². The van der Waals surface area contributed by atoms with Crippen LogP contribution in [0.3, 0.4) is 0 Å². The maximum Gasteiger partial charge on any atom is 0.287 e. The number of carbonyl (C=O) groups is 2. The molecule has 0 saturated heterocycles. The maximum absolute atomic E-state index is 11.6. The smallest absolute Gasteiger partial charge is 0.287 e. The molecule has 1 aromatic rings. The van der Waals surface area contributed by atoms with E-state index in [1.54, 1.807) is 20.0 Å². The largest absolute Gasteiger partial charge is 0.459 e. The highest BCUT2D eigenvalue weighted by Gasteiger charge is 2.13. The minimum atomic E-state index is -0.446. The van der Waals surface area contributed by atoms with Crippen molar-refractivity contribution in [3.63, 3.8) is 0 Å². The summed E-state index contributed by atoms with van der Waals surface area (Å²) >= 11 is 0. The van der Waals surface area contributed by atoms with E-state index < -0.39 is 12.0 Å². The fourth-order valence-electron chi connectivity index (χ4n) is 1.29. The van der Waals surface area contributed by atoms with E-state index in [9.17, 15) is 9.59 Å². The van der Waals surface area contributed by atoms with Crippen LogP contribution in [0.2, 0.25) is 0 Å². The van der Waals surface area contributed by atoms with Crippen LogP contribution in [0.4, 0.5) is 0 Å². The lowest BCUT2D eigenvalue weighted by atomic mass is 10.3. The summed E-state index contributed by atoms with van der Waals surface area (Å²) in [5, 5.41) is 11.6. The molecular formula is C12H18N2O4. The Bertz CT molecular complexity index is 387. The first-order valence-corrected chi connectivity index (χ1v) is 5.74. The number of amides is 2. The fraction of sp³-hybridized carbons (Fsp3) is 0.500. The monoisotopic (exact) mass is 254 g/mol. The molecule has 0 saturated carbocycles. The van der Waals surface area contributed by atoms with Crippen molar-refractivity contribution in [1.29, 1.82) is 0 Å². The van der Waals surface area contributed by atoms with Crippen LogP contribution in [0.1, 0.15) is 23.9 Å². The van der Waals surface area contributed by atoms with E-state index in [1.807, 2.05) is 0 Å². The van der Waals surface area contributed by atoms with Crippen LogP contribution in [0.25, 0.3) is 0 Å². The molecule has 1 rings (SSSR count). The van der Waals surface area contributed by atoms with Gasteiger partial charge in [-0.15, -0.1) is 0 Å². The third-order valence-electron chi connectivity index (χ3n) is 2.45. The zero-order valence-electron chi connectivity index (χ0n) is 10.5. The van der Waals surface area contributed by atoms with Gasteiger partial charge >= 0.3 is 0 Å². The van der Waals surface area contributed by atoms with Gasteiger partial charge in [-0.05, 0) is 25.5 Å². The number of aliphatic hydroxyl groups is 1. The van der Waals surface area contributed by atoms with Gasteiger partial charge in [0.25, 0.3) is 5.91 Å². The molecule has 1 aromatic heterocycles. The van der Waals surface area contributed by atoms with E-state index in [-0.39, 0.29) is 18.2 Å². The topological polar surface area (TPSA) is 82.8 Å². The molecule has 0 aliphatic heterocycles. The zero-order valence-corrected chi connectivity index (χ0v) is 10.5. The summed E-state index contributed by atoms with van der Waals surface area (Å²) in [4.78, 5) is 24.6. The van der Waals surface area contributed by atoms with Gasteiger partial charge in [0.05, 0.1) is 18.9 Å². The van der Waals surface area contributed by atoms with Crippen LogP contribution in [0.15, 0.2) is 22.8 Å². The van der Waals surface area contributed by atoms with Crippen LogP contribution in [-0.4, -0.2) is 48.1 Å². The van der Waals surface area contributed by atoms with E-state index in [0.29, 0.717) is 13.0 Å². The molecule has 18 heavy (non-hydrogen) atoms. The van der Waals surface area contributed by atoms with Crippen LogP contribution in [-0.2, 0) is 4.79 Å². The number of rotatable bonds is 6. The average Bonchev–Trinajstić information content (AvgIpc) is 2.86. The van der Waals surface area contributed by atoms with E-state index in [1.165, 1.54) is 17.2 Å². The Balaban J connectivity index is 2.30. The van der Waals surface area contributed by atoms with Gasteiger partial charge in [-0.1, -0.05) is 0 Å². The molecule has 1 atom stereocenters. The van der Waals surface area contributed by atoms with Crippen molar-refractivity contribution in [3.8, 4) is 0 Å². The van der Waals surface area contributed by atoms with Gasteiger partial charge < -0.3 is 19.7 Å². The SMILES string of the molecule is CC(O)CCN(C)C(=O)CNC(=O)c1ccco1. The molecule has 0 fully saturated rings. The number of nitrogens with zero attached hydrogens (tertiary/aromatic N) is 1. The lowest BCUT2D eigenvalue weighted by Crippen LogP contribution is -2.39. The predicted molar refractivity (Wildman–Crippen MR) is 65.0 cm³/mol. The molecule has 2 N–H and O–H groups in total. The summed E-state index contributed by atoms with van der Waals surface area (Å²) in [7, 11) is 1.63. The van der Waals surface area contributed by atoms with E-state index >= 15 is 0 Å². The number of furan rings is 1. The molecule has 2 amide bonds. The number of hydrogen-bond acceptors (Lipinski definition) is 4. The summed E-state index contributed by atoms with van der Waals surface area (Å²) < 4.78 is 4.90. The molecule has 0 spiro atoms. The molecule has 6 nitrogen and oxygen atoms in total. The molecule has 1 unspecified atom stereocenters. The summed E-state index contributed by atoms with van der Waals surface area (Å²) in [6.07, 6.45) is 1.46. The second-order valence-electron chi connectivity index (χ2n) is 4.11. The van der Waals surface area contributed by atoms with Gasteiger partial charge in [-0.3, -0.25) is 9.59 Å². The van der Waals surface area contributed by atoms with Crippen molar-refractivity contribution in [2.75, 3.05) is 20.1 Å². The van der Waals surface area contributed by atoms with Crippen LogP contribution < -0.4 is 5.32 Å². The van der Waals surface area contributed by atoms with Crippen LogP contribution >= 0.6 is 0 Å². The van der Waals surface area contributed by atoms with E-state index in [2.05, 4.69) is 5.32 Å². The van der Waals surface area contributed by atoms with E-state index in [4.69, 9.17) is 9.52 Å². The molecule has 1 heterocycles. The number of likely N-dealkylation sites (N-methyl/N-ethyl adjacent to an activating group) is 1. The Morgan fingerprint density at radius 2 is 2.28 bits per heavy atom. The first kappa shape index (κ1) is 14.2. The number of nitrogens with one attached hydrogen (secondary N) is 1. The van der Waals surface area contributed by atoms with Gasteiger partial charge in [0.2, 0.25) is 5.91 Å². The highest BCUT2D eigenvalue weighted by atomic mass is 16.3. The van der Waals surface area contributed by atoms with Gasteiger partial charge in [0.1, 0.15) is 0 Å². The second-order valence-corrected chi connectivity index (χ2v) is 4.11. The highest BCUT2D eigenvalue weighted by molar-refractivity contribution is 5.94. The van der Waals surface area contributed by atoms with Gasteiger partial charge in [-0.25, -0.2) is 0 Å². The first-order chi connectivity index (χ1) is 8.50. The molecule has 6 heteroatoms. The Hall–Kier alpha value is -1.82. The van der Waals surface area contributed by atoms with Crippen molar-refractivity contribution >= 4 is 11.8 Å². The molecule has 0 aliphatic carbocycles. The van der Waals surface area contributed by atoms with Crippen LogP contribution in [0, 0.1) is 0 Å². The summed E-state index contributed by atoms with van der Waals surface area (Å²) in [5.41, 5.74) is 0. The van der Waals surface area contributed by atoms with Gasteiger partial charge in [-0.2, -0.15) is 0 Å². The molecule has 0 aliphatic rings. The Labute approximate surface area is 106 Å². The first-order valence-electron chi connectivity index (χ1n) is 5.74. The highest BCUT2D eigenvalue weighted by Crippen LogP contribution is 1.99. The third kappa shape index (κ3) is 4.58. The molecule has 0 radical (unpaired) electrons. The summed E-state index contributed by atoms with van der Waals surface area (Å²) in [6, 6.07) is 3.13.